The Bertz CT molecular complexity index is 514. The van der Waals surface area contributed by atoms with Crippen LogP contribution in [-0.4, -0.2) is 44.2 Å². The number of hydrogen-bond donors (Lipinski definition) is 1. The molecule has 0 spiro atoms. The van der Waals surface area contributed by atoms with Crippen molar-refractivity contribution in [1.29, 1.82) is 0 Å². The molecule has 0 atom stereocenters. The molecular formula is C18H27ClN2O2. The van der Waals surface area contributed by atoms with Crippen molar-refractivity contribution in [3.05, 3.63) is 34.3 Å². The molecule has 0 saturated carbocycles. The first-order valence-electron chi connectivity index (χ1n) is 8.34. The van der Waals surface area contributed by atoms with Gasteiger partial charge in [0, 0.05) is 37.7 Å². The minimum absolute atomic E-state index is 0.149. The number of nitrogens with zero attached hydrogens (tertiary/aromatic N) is 1. The Balaban J connectivity index is 1.73. The third kappa shape index (κ3) is 5.79. The maximum absolute atomic E-state index is 12.1. The van der Waals surface area contributed by atoms with E-state index in [0.29, 0.717) is 13.2 Å². The highest BCUT2D eigenvalue weighted by atomic mass is 35.5. The molecule has 1 fully saturated rings. The van der Waals surface area contributed by atoms with Crippen molar-refractivity contribution in [1.82, 2.24) is 10.2 Å². The molecular weight excluding hydrogens is 312 g/mol. The van der Waals surface area contributed by atoms with Gasteiger partial charge in [-0.25, -0.2) is 0 Å². The van der Waals surface area contributed by atoms with Crippen LogP contribution in [0.25, 0.3) is 0 Å². The van der Waals surface area contributed by atoms with Crippen molar-refractivity contribution < 1.29 is 9.53 Å². The third-order valence-electron chi connectivity index (χ3n) is 4.43. The van der Waals surface area contributed by atoms with E-state index in [0.717, 1.165) is 49.5 Å². The normalized spacial score (nSPS) is 16.5. The summed E-state index contributed by atoms with van der Waals surface area (Å²) in [5.74, 6) is 0.342. The highest BCUT2D eigenvalue weighted by Gasteiger charge is 2.24. The number of benzene rings is 1. The average molecular weight is 339 g/mol. The second-order valence-electron chi connectivity index (χ2n) is 6.27. The topological polar surface area (TPSA) is 41.6 Å². The second kappa shape index (κ2) is 9.26. The van der Waals surface area contributed by atoms with E-state index in [9.17, 15) is 4.79 Å². The fraction of sp³-hybridized carbons (Fsp3) is 0.611. The number of carbonyl (C=O) groups is 1. The highest BCUT2D eigenvalue weighted by molar-refractivity contribution is 6.31. The summed E-state index contributed by atoms with van der Waals surface area (Å²) in [4.78, 5) is 14.5. The van der Waals surface area contributed by atoms with E-state index in [1.165, 1.54) is 5.56 Å². The number of ether oxygens (including phenoxy) is 1. The summed E-state index contributed by atoms with van der Waals surface area (Å²) in [6.07, 6.45) is 2.72. The number of amides is 1. The largest absolute Gasteiger partial charge is 0.385 e. The molecule has 0 aromatic heterocycles. The maximum Gasteiger partial charge on any atom is 0.223 e. The molecule has 128 valence electrons. The number of carbonyl (C=O) groups excluding carboxylic acids is 1. The lowest BCUT2D eigenvalue weighted by molar-refractivity contribution is -0.126. The molecule has 1 heterocycles. The van der Waals surface area contributed by atoms with Crippen LogP contribution in [0.4, 0.5) is 0 Å². The van der Waals surface area contributed by atoms with Gasteiger partial charge in [0.1, 0.15) is 0 Å². The van der Waals surface area contributed by atoms with Crippen molar-refractivity contribution in [2.75, 3.05) is 33.4 Å². The van der Waals surface area contributed by atoms with Gasteiger partial charge in [-0.05, 0) is 56.5 Å². The standard InChI is InChI=1S/C18H27ClN2O2/c1-14-4-5-15(12-17(14)19)13-21-9-6-16(7-10-21)18(22)20-8-3-11-23-2/h4-5,12,16H,3,6-11,13H2,1-2H3,(H,20,22). The SMILES string of the molecule is COCCCNC(=O)C1CCN(Cc2ccc(C)c(Cl)c2)CC1. The summed E-state index contributed by atoms with van der Waals surface area (Å²) in [6, 6.07) is 6.25. The Labute approximate surface area is 144 Å². The molecule has 1 N–H and O–H groups in total. The summed E-state index contributed by atoms with van der Waals surface area (Å²) < 4.78 is 4.99. The van der Waals surface area contributed by atoms with Gasteiger partial charge in [-0.3, -0.25) is 9.69 Å². The number of methoxy groups -OCH3 is 1. The maximum atomic E-state index is 12.1. The smallest absolute Gasteiger partial charge is 0.223 e. The number of hydrogen-bond acceptors (Lipinski definition) is 3. The molecule has 1 amide bonds. The van der Waals surface area contributed by atoms with E-state index >= 15 is 0 Å². The Hall–Kier alpha value is -1.10. The summed E-state index contributed by atoms with van der Waals surface area (Å²) in [6.45, 7) is 6.24. The van der Waals surface area contributed by atoms with Gasteiger partial charge in [0.15, 0.2) is 0 Å². The van der Waals surface area contributed by atoms with Crippen LogP contribution in [0.3, 0.4) is 0 Å². The van der Waals surface area contributed by atoms with Crippen molar-refractivity contribution in [2.24, 2.45) is 5.92 Å². The van der Waals surface area contributed by atoms with Crippen LogP contribution in [0.2, 0.25) is 5.02 Å². The van der Waals surface area contributed by atoms with Crippen LogP contribution in [0.15, 0.2) is 18.2 Å². The van der Waals surface area contributed by atoms with E-state index in [-0.39, 0.29) is 11.8 Å². The molecule has 1 saturated heterocycles. The minimum Gasteiger partial charge on any atom is -0.385 e. The number of aryl methyl sites for hydroxylation is 1. The molecule has 4 nitrogen and oxygen atoms in total. The number of halogens is 1. The van der Waals surface area contributed by atoms with E-state index in [4.69, 9.17) is 16.3 Å². The Morgan fingerprint density at radius 2 is 2.13 bits per heavy atom. The van der Waals surface area contributed by atoms with E-state index < -0.39 is 0 Å². The lowest BCUT2D eigenvalue weighted by Crippen LogP contribution is -2.40. The van der Waals surface area contributed by atoms with Gasteiger partial charge in [0.05, 0.1) is 0 Å². The summed E-state index contributed by atoms with van der Waals surface area (Å²) in [5, 5.41) is 3.84. The predicted octanol–water partition coefficient (Wildman–Crippen LogP) is 3.01. The van der Waals surface area contributed by atoms with Crippen LogP contribution in [-0.2, 0) is 16.1 Å². The first kappa shape index (κ1) is 18.2. The summed E-state index contributed by atoms with van der Waals surface area (Å²) in [5.41, 5.74) is 2.35. The van der Waals surface area contributed by atoms with Gasteiger partial charge in [-0.15, -0.1) is 0 Å². The fourth-order valence-corrected chi connectivity index (χ4v) is 3.12. The lowest BCUT2D eigenvalue weighted by atomic mass is 9.95. The van der Waals surface area contributed by atoms with Gasteiger partial charge in [0.25, 0.3) is 0 Å². The zero-order valence-corrected chi connectivity index (χ0v) is 14.9. The lowest BCUT2D eigenvalue weighted by Gasteiger charge is -2.31. The zero-order chi connectivity index (χ0) is 16.7. The summed E-state index contributed by atoms with van der Waals surface area (Å²) in [7, 11) is 1.68. The van der Waals surface area contributed by atoms with Crippen LogP contribution in [0, 0.1) is 12.8 Å². The van der Waals surface area contributed by atoms with Crippen molar-refractivity contribution >= 4 is 17.5 Å². The van der Waals surface area contributed by atoms with E-state index in [1.807, 2.05) is 13.0 Å². The zero-order valence-electron chi connectivity index (χ0n) is 14.1. The quantitative estimate of drug-likeness (QED) is 0.777. The Kier molecular flexibility index (Phi) is 7.34. The molecule has 1 aromatic carbocycles. The summed E-state index contributed by atoms with van der Waals surface area (Å²) >= 11 is 6.19. The van der Waals surface area contributed by atoms with Crippen molar-refractivity contribution in [2.45, 2.75) is 32.7 Å². The van der Waals surface area contributed by atoms with E-state index in [2.05, 4.69) is 22.3 Å². The molecule has 2 rings (SSSR count). The van der Waals surface area contributed by atoms with Crippen molar-refractivity contribution in [3.63, 3.8) is 0 Å². The minimum atomic E-state index is 0.149. The molecule has 0 aliphatic carbocycles. The molecule has 1 aliphatic rings. The first-order chi connectivity index (χ1) is 11.1. The fourth-order valence-electron chi connectivity index (χ4n) is 2.92. The highest BCUT2D eigenvalue weighted by Crippen LogP contribution is 2.22. The molecule has 1 aliphatic heterocycles. The van der Waals surface area contributed by atoms with Gasteiger partial charge in [0.2, 0.25) is 5.91 Å². The van der Waals surface area contributed by atoms with Crippen LogP contribution in [0.1, 0.15) is 30.4 Å². The molecule has 23 heavy (non-hydrogen) atoms. The molecule has 5 heteroatoms. The predicted molar refractivity (Wildman–Crippen MR) is 93.7 cm³/mol. The van der Waals surface area contributed by atoms with Crippen LogP contribution >= 0.6 is 11.6 Å². The average Bonchev–Trinajstić information content (AvgIpc) is 2.55. The van der Waals surface area contributed by atoms with Crippen LogP contribution < -0.4 is 5.32 Å². The van der Waals surface area contributed by atoms with Gasteiger partial charge >= 0.3 is 0 Å². The molecule has 0 radical (unpaired) electrons. The number of rotatable bonds is 7. The van der Waals surface area contributed by atoms with Gasteiger partial charge < -0.3 is 10.1 Å². The van der Waals surface area contributed by atoms with Crippen LogP contribution in [0.5, 0.6) is 0 Å². The molecule has 0 bridgehead atoms. The van der Waals surface area contributed by atoms with Crippen molar-refractivity contribution in [3.8, 4) is 0 Å². The third-order valence-corrected chi connectivity index (χ3v) is 4.83. The Morgan fingerprint density at radius 1 is 1.39 bits per heavy atom. The van der Waals surface area contributed by atoms with Gasteiger partial charge in [-0.1, -0.05) is 23.7 Å². The number of nitrogens with one attached hydrogen (secondary N) is 1. The monoisotopic (exact) mass is 338 g/mol. The first-order valence-corrected chi connectivity index (χ1v) is 8.72. The van der Waals surface area contributed by atoms with E-state index in [1.54, 1.807) is 7.11 Å². The number of piperidine rings is 1. The molecule has 0 unspecified atom stereocenters. The Morgan fingerprint density at radius 3 is 2.78 bits per heavy atom. The van der Waals surface area contributed by atoms with Gasteiger partial charge in [-0.2, -0.15) is 0 Å². The number of likely N-dealkylation sites (tertiary alicyclic amines) is 1. The second-order valence-corrected chi connectivity index (χ2v) is 6.68. The molecule has 1 aromatic rings.